The lowest BCUT2D eigenvalue weighted by Gasteiger charge is -2.35. The van der Waals surface area contributed by atoms with Crippen LogP contribution in [0.25, 0.3) is 0 Å². The number of hydrogen-bond donors (Lipinski definition) is 1. The lowest BCUT2D eigenvalue weighted by molar-refractivity contribution is -0.184. The lowest BCUT2D eigenvalue weighted by atomic mass is 9.80. The van der Waals surface area contributed by atoms with Crippen molar-refractivity contribution in [1.82, 2.24) is 0 Å². The molecule has 0 spiro atoms. The number of esters is 4. The van der Waals surface area contributed by atoms with Crippen molar-refractivity contribution >= 4 is 35.5 Å². The third kappa shape index (κ3) is 4.71. The number of carbonyl (C=O) groups excluding carboxylic acids is 4. The van der Waals surface area contributed by atoms with E-state index in [0.29, 0.717) is 12.8 Å². The van der Waals surface area contributed by atoms with Crippen LogP contribution in [0.15, 0.2) is 23.8 Å². The Morgan fingerprint density at radius 1 is 1.35 bits per heavy atom. The van der Waals surface area contributed by atoms with Crippen LogP contribution in [-0.4, -0.2) is 77.1 Å². The molecule has 11 heteroatoms. The van der Waals surface area contributed by atoms with E-state index in [-0.39, 0.29) is 11.1 Å². The predicted octanol–water partition coefficient (Wildman–Crippen LogP) is 1.36. The van der Waals surface area contributed by atoms with Crippen molar-refractivity contribution in [2.45, 2.75) is 81.5 Å². The average Bonchev–Trinajstić information content (AvgIpc) is 3.34. The van der Waals surface area contributed by atoms with Gasteiger partial charge in [-0.3, -0.25) is 4.79 Å². The maximum Gasteiger partial charge on any atom is 0.339 e. The topological polar surface area (TPSA) is 138 Å². The number of ether oxygens (including phenoxy) is 5. The van der Waals surface area contributed by atoms with Gasteiger partial charge in [-0.2, -0.15) is 0 Å². The second-order valence-corrected chi connectivity index (χ2v) is 9.78. The summed E-state index contributed by atoms with van der Waals surface area (Å²) < 4.78 is 27.4. The molecule has 1 N–H and O–H groups in total. The van der Waals surface area contributed by atoms with Gasteiger partial charge in [-0.15, -0.1) is 11.6 Å². The predicted molar refractivity (Wildman–Crippen MR) is 116 cm³/mol. The van der Waals surface area contributed by atoms with Gasteiger partial charge in [0.15, 0.2) is 17.8 Å². The molecule has 2 saturated heterocycles. The number of halogens is 1. The van der Waals surface area contributed by atoms with E-state index in [0.717, 1.165) is 21.0 Å². The lowest BCUT2D eigenvalue weighted by Crippen LogP contribution is -2.52. The second-order valence-electron chi connectivity index (χ2n) is 9.13. The van der Waals surface area contributed by atoms with E-state index in [4.69, 9.17) is 35.3 Å². The zero-order valence-electron chi connectivity index (χ0n) is 19.7. The van der Waals surface area contributed by atoms with E-state index in [1.54, 1.807) is 0 Å². The first-order chi connectivity index (χ1) is 15.7. The molecule has 0 aromatic carbocycles. The summed E-state index contributed by atoms with van der Waals surface area (Å²) in [5.41, 5.74) is -2.95. The Morgan fingerprint density at radius 2 is 2.00 bits per heavy atom. The molecule has 34 heavy (non-hydrogen) atoms. The minimum absolute atomic E-state index is 0.0545. The van der Waals surface area contributed by atoms with Gasteiger partial charge in [0.05, 0.1) is 29.6 Å². The van der Waals surface area contributed by atoms with Gasteiger partial charge in [0, 0.05) is 12.5 Å². The van der Waals surface area contributed by atoms with Crippen LogP contribution in [0, 0.1) is 5.92 Å². The Labute approximate surface area is 202 Å². The van der Waals surface area contributed by atoms with Gasteiger partial charge in [-0.05, 0) is 33.6 Å². The summed E-state index contributed by atoms with van der Waals surface area (Å²) in [6, 6.07) is 0. The summed E-state index contributed by atoms with van der Waals surface area (Å²) in [5, 5.41) is 9.54. The fraction of sp³-hybridized carbons (Fsp3) is 0.652. The number of rotatable bonds is 5. The smallest absolute Gasteiger partial charge is 0.339 e. The van der Waals surface area contributed by atoms with Crippen molar-refractivity contribution in [2.24, 2.45) is 5.92 Å². The Kier molecular flexibility index (Phi) is 7.17. The molecule has 1 aliphatic carbocycles. The van der Waals surface area contributed by atoms with Crippen molar-refractivity contribution in [3.8, 4) is 0 Å². The summed E-state index contributed by atoms with van der Waals surface area (Å²) >= 11 is 5.98. The van der Waals surface area contributed by atoms with Crippen LogP contribution in [0.3, 0.4) is 0 Å². The Hall–Kier alpha value is -2.43. The number of epoxide rings is 1. The van der Waals surface area contributed by atoms with Crippen molar-refractivity contribution in [3.05, 3.63) is 23.8 Å². The Balaban J connectivity index is 2.18. The van der Waals surface area contributed by atoms with Crippen LogP contribution in [-0.2, 0) is 42.9 Å². The first kappa shape index (κ1) is 26.2. The molecule has 0 saturated carbocycles. The average molecular weight is 501 g/mol. The zero-order chi connectivity index (χ0) is 25.6. The van der Waals surface area contributed by atoms with Crippen molar-refractivity contribution in [1.29, 1.82) is 0 Å². The molecular formula is C23H29ClO10. The summed E-state index contributed by atoms with van der Waals surface area (Å²) in [6.45, 7) is 9.30. The minimum atomic E-state index is -2.14. The second kappa shape index (κ2) is 9.31. The van der Waals surface area contributed by atoms with Gasteiger partial charge >= 0.3 is 23.9 Å². The molecule has 2 heterocycles. The molecule has 2 fully saturated rings. The summed E-state index contributed by atoms with van der Waals surface area (Å²) in [7, 11) is 1.15. The highest BCUT2D eigenvalue weighted by Gasteiger charge is 2.65. The van der Waals surface area contributed by atoms with Gasteiger partial charge in [-0.25, -0.2) is 14.4 Å². The van der Waals surface area contributed by atoms with Crippen LogP contribution in [0.2, 0.25) is 0 Å². The molecule has 0 aromatic heterocycles. The first-order valence-electron chi connectivity index (χ1n) is 10.8. The highest BCUT2D eigenvalue weighted by atomic mass is 35.5. The number of hydrogen-bond acceptors (Lipinski definition) is 10. The molecule has 188 valence electrons. The van der Waals surface area contributed by atoms with Gasteiger partial charge in [0.25, 0.3) is 0 Å². The number of aliphatic hydroxyl groups is 1. The molecule has 0 aromatic rings. The molecule has 0 amide bonds. The third-order valence-corrected chi connectivity index (χ3v) is 7.03. The molecule has 3 aliphatic rings. The van der Waals surface area contributed by atoms with E-state index in [2.05, 4.69) is 6.58 Å². The zero-order valence-corrected chi connectivity index (χ0v) is 20.4. The van der Waals surface area contributed by atoms with Crippen LogP contribution >= 0.6 is 11.6 Å². The molecular weight excluding hydrogens is 472 g/mol. The molecule has 0 radical (unpaired) electrons. The van der Waals surface area contributed by atoms with Gasteiger partial charge in [0.1, 0.15) is 12.2 Å². The molecule has 3 rings (SSSR count). The SMILES string of the molecule is C=C1C(=O)O[C@H]2[C@H]1[C@@H](OC(=O)[C@](C)(O)[C@@H](C)Cl)[C@@H](OC(C)=O)/C(C(=O)OC)=C\CC[C@@]1(C)O[C@H]21. The van der Waals surface area contributed by atoms with E-state index in [1.807, 2.05) is 6.92 Å². The van der Waals surface area contributed by atoms with Gasteiger partial charge in [0.2, 0.25) is 0 Å². The van der Waals surface area contributed by atoms with Crippen LogP contribution in [0.1, 0.15) is 40.5 Å². The monoisotopic (exact) mass is 500 g/mol. The Morgan fingerprint density at radius 3 is 2.56 bits per heavy atom. The van der Waals surface area contributed by atoms with Crippen molar-refractivity contribution < 1.29 is 48.0 Å². The minimum Gasteiger partial charge on any atom is -0.466 e. The van der Waals surface area contributed by atoms with Crippen LogP contribution in [0.5, 0.6) is 0 Å². The summed E-state index contributed by atoms with van der Waals surface area (Å²) in [4.78, 5) is 50.3. The van der Waals surface area contributed by atoms with E-state index >= 15 is 0 Å². The standard InChI is InChI=1S/C23H29ClO10/c1-10-14-16(33-21(28)23(5,29)11(2)24)15(31-12(3)25)13(20(27)30-6)8-7-9-22(4)18(34-22)17(14)32-19(10)26/h8,11,14-18,29H,1,7,9H2,2-6H3/b13-8+/t11-,14-,15+,16-,17+,18-,22-,23-/m1/s1. The highest BCUT2D eigenvalue weighted by molar-refractivity contribution is 6.22. The number of methoxy groups -OCH3 is 1. The third-order valence-electron chi connectivity index (χ3n) is 6.61. The number of alkyl halides is 1. The maximum absolute atomic E-state index is 13.0. The van der Waals surface area contributed by atoms with Crippen molar-refractivity contribution in [3.63, 3.8) is 0 Å². The van der Waals surface area contributed by atoms with Gasteiger partial charge in [-0.1, -0.05) is 12.7 Å². The largest absolute Gasteiger partial charge is 0.466 e. The quantitative estimate of drug-likeness (QED) is 0.193. The van der Waals surface area contributed by atoms with E-state index < -0.39 is 70.8 Å². The first-order valence-corrected chi connectivity index (χ1v) is 11.3. The van der Waals surface area contributed by atoms with Crippen molar-refractivity contribution in [2.75, 3.05) is 7.11 Å². The Bertz CT molecular complexity index is 938. The normalized spacial score (nSPS) is 36.9. The number of fused-ring (bicyclic) bond motifs is 3. The van der Waals surface area contributed by atoms with Gasteiger partial charge < -0.3 is 28.8 Å². The van der Waals surface area contributed by atoms with E-state index in [9.17, 15) is 24.3 Å². The van der Waals surface area contributed by atoms with E-state index in [1.165, 1.54) is 13.0 Å². The van der Waals surface area contributed by atoms with Crippen LogP contribution < -0.4 is 0 Å². The number of allylic oxidation sites excluding steroid dienone is 1. The molecule has 2 aliphatic heterocycles. The molecule has 0 bridgehead atoms. The van der Waals surface area contributed by atoms with Crippen LogP contribution in [0.4, 0.5) is 0 Å². The summed E-state index contributed by atoms with van der Waals surface area (Å²) in [6.07, 6.45) is -2.12. The fourth-order valence-corrected chi connectivity index (χ4v) is 4.37. The highest BCUT2D eigenvalue weighted by Crippen LogP contribution is 2.50. The summed E-state index contributed by atoms with van der Waals surface area (Å²) in [5.74, 6) is -4.55. The molecule has 0 unspecified atom stereocenters. The maximum atomic E-state index is 13.0. The fourth-order valence-electron chi connectivity index (χ4n) is 4.28. The number of carbonyl (C=O) groups is 4. The molecule has 8 atom stereocenters. The molecule has 10 nitrogen and oxygen atoms in total.